The van der Waals surface area contributed by atoms with Gasteiger partial charge >= 0.3 is 0 Å². The Morgan fingerprint density at radius 2 is 1.88 bits per heavy atom. The average molecular weight is 371 g/mol. The van der Waals surface area contributed by atoms with E-state index in [1.54, 1.807) is 24.3 Å². The molecule has 0 saturated carbocycles. The molecule has 6 nitrogen and oxygen atoms in total. The summed E-state index contributed by atoms with van der Waals surface area (Å²) in [7, 11) is 0. The van der Waals surface area contributed by atoms with Crippen molar-refractivity contribution in [1.29, 1.82) is 0 Å². The van der Waals surface area contributed by atoms with Gasteiger partial charge in [-0.1, -0.05) is 25.1 Å². The molecule has 3 rings (SSSR count). The van der Waals surface area contributed by atoms with Crippen molar-refractivity contribution in [3.63, 3.8) is 0 Å². The second kappa shape index (κ2) is 8.14. The molecule has 1 heterocycles. The monoisotopic (exact) mass is 371 g/mol. The first kappa shape index (κ1) is 18.1. The number of carbonyl (C=O) groups is 3. The Bertz CT molecular complexity index is 817. The molecular weight excluding hydrogens is 350 g/mol. The summed E-state index contributed by atoms with van der Waals surface area (Å²) in [5.41, 5.74) is 6.44. The van der Waals surface area contributed by atoms with Crippen LogP contribution in [0.5, 0.6) is 0 Å². The van der Waals surface area contributed by atoms with Crippen LogP contribution in [0, 0.1) is 5.92 Å². The number of thiophene rings is 1. The molecule has 0 aliphatic heterocycles. The lowest BCUT2D eigenvalue weighted by molar-refractivity contribution is -0.120. The van der Waals surface area contributed by atoms with Gasteiger partial charge in [0.1, 0.15) is 0 Å². The van der Waals surface area contributed by atoms with Crippen LogP contribution in [0.2, 0.25) is 0 Å². The number of benzene rings is 1. The summed E-state index contributed by atoms with van der Waals surface area (Å²) in [5.74, 6) is -0.523. The van der Waals surface area contributed by atoms with E-state index >= 15 is 0 Å². The molecule has 0 unspecified atom stereocenters. The van der Waals surface area contributed by atoms with E-state index in [1.807, 2.05) is 12.1 Å². The van der Waals surface area contributed by atoms with Crippen molar-refractivity contribution in [1.82, 2.24) is 16.2 Å². The fraction of sp³-hybridized carbons (Fsp3) is 0.316. The smallest absolute Gasteiger partial charge is 0.279 e. The minimum atomic E-state index is -0.488. The second-order valence-corrected chi connectivity index (χ2v) is 7.59. The van der Waals surface area contributed by atoms with Crippen LogP contribution in [-0.4, -0.2) is 24.3 Å². The molecule has 2 aromatic rings. The maximum absolute atomic E-state index is 12.2. The topological polar surface area (TPSA) is 87.3 Å². The number of hydrogen-bond acceptors (Lipinski definition) is 4. The van der Waals surface area contributed by atoms with E-state index in [2.05, 4.69) is 23.1 Å². The Hall–Kier alpha value is -2.67. The summed E-state index contributed by atoms with van der Waals surface area (Å²) < 4.78 is 0. The maximum Gasteiger partial charge on any atom is 0.279 e. The number of nitrogens with one attached hydrogen (secondary N) is 3. The van der Waals surface area contributed by atoms with Gasteiger partial charge < -0.3 is 5.32 Å². The van der Waals surface area contributed by atoms with E-state index in [0.29, 0.717) is 16.4 Å². The highest BCUT2D eigenvalue weighted by Crippen LogP contribution is 2.32. The number of rotatable bonds is 4. The molecule has 7 heteroatoms. The molecule has 3 N–H and O–H groups in total. The Balaban J connectivity index is 1.46. The van der Waals surface area contributed by atoms with Gasteiger partial charge in [0.25, 0.3) is 17.7 Å². The summed E-state index contributed by atoms with van der Waals surface area (Å²) in [6, 6.07) is 10.5. The van der Waals surface area contributed by atoms with Crippen LogP contribution in [0.15, 0.2) is 36.4 Å². The van der Waals surface area contributed by atoms with Crippen LogP contribution >= 0.6 is 11.3 Å². The zero-order valence-corrected chi connectivity index (χ0v) is 15.3. The first-order valence-electron chi connectivity index (χ1n) is 8.57. The molecule has 136 valence electrons. The zero-order valence-electron chi connectivity index (χ0n) is 14.5. The zero-order chi connectivity index (χ0) is 18.5. The van der Waals surface area contributed by atoms with Gasteiger partial charge in [-0.2, -0.15) is 0 Å². The largest absolute Gasteiger partial charge is 0.343 e. The SMILES string of the molecule is C[C@H]1CCc2sc(C(=O)NNC(=O)CNC(=O)c3ccccc3)cc2C1. The molecule has 1 aliphatic carbocycles. The van der Waals surface area contributed by atoms with E-state index in [0.717, 1.165) is 19.3 Å². The van der Waals surface area contributed by atoms with Crippen molar-refractivity contribution in [2.45, 2.75) is 26.2 Å². The minimum Gasteiger partial charge on any atom is -0.343 e. The van der Waals surface area contributed by atoms with Crippen LogP contribution in [-0.2, 0) is 17.6 Å². The van der Waals surface area contributed by atoms with E-state index in [1.165, 1.54) is 21.8 Å². The third-order valence-corrected chi connectivity index (χ3v) is 5.55. The molecule has 1 aromatic heterocycles. The molecule has 1 aromatic carbocycles. The van der Waals surface area contributed by atoms with E-state index in [4.69, 9.17) is 0 Å². The van der Waals surface area contributed by atoms with Crippen molar-refractivity contribution >= 4 is 29.1 Å². The van der Waals surface area contributed by atoms with Crippen molar-refractivity contribution < 1.29 is 14.4 Å². The average Bonchev–Trinajstić information content (AvgIpc) is 3.08. The number of carbonyl (C=O) groups excluding carboxylic acids is 3. The van der Waals surface area contributed by atoms with Crippen LogP contribution < -0.4 is 16.2 Å². The molecule has 0 saturated heterocycles. The molecular formula is C19H21N3O3S. The van der Waals surface area contributed by atoms with Crippen LogP contribution in [0.3, 0.4) is 0 Å². The first-order valence-corrected chi connectivity index (χ1v) is 9.38. The maximum atomic E-state index is 12.2. The lowest BCUT2D eigenvalue weighted by Gasteiger charge is -2.16. The summed E-state index contributed by atoms with van der Waals surface area (Å²) in [6.45, 7) is 2.00. The van der Waals surface area contributed by atoms with Crippen molar-refractivity contribution in [3.8, 4) is 0 Å². The Kier molecular flexibility index (Phi) is 5.68. The quantitative estimate of drug-likeness (QED) is 0.719. The lowest BCUT2D eigenvalue weighted by Crippen LogP contribution is -2.46. The van der Waals surface area contributed by atoms with Gasteiger partial charge in [-0.25, -0.2) is 0 Å². The molecule has 0 bridgehead atoms. The highest BCUT2D eigenvalue weighted by atomic mass is 32.1. The highest BCUT2D eigenvalue weighted by Gasteiger charge is 2.20. The van der Waals surface area contributed by atoms with Gasteiger partial charge in [-0.15, -0.1) is 11.3 Å². The van der Waals surface area contributed by atoms with E-state index in [-0.39, 0.29) is 18.4 Å². The predicted octanol–water partition coefficient (Wildman–Crippen LogP) is 2.06. The Morgan fingerprint density at radius 3 is 2.65 bits per heavy atom. The Labute approximate surface area is 156 Å². The molecule has 26 heavy (non-hydrogen) atoms. The van der Waals surface area contributed by atoms with Gasteiger partial charge in [0, 0.05) is 10.4 Å². The van der Waals surface area contributed by atoms with Crippen molar-refractivity contribution in [2.24, 2.45) is 5.92 Å². The fourth-order valence-corrected chi connectivity index (χ4v) is 4.01. The van der Waals surface area contributed by atoms with Crippen LogP contribution in [0.25, 0.3) is 0 Å². The number of fused-ring (bicyclic) bond motifs is 1. The molecule has 0 fully saturated rings. The summed E-state index contributed by atoms with van der Waals surface area (Å²) in [6.07, 6.45) is 3.15. The van der Waals surface area contributed by atoms with Crippen molar-refractivity contribution in [3.05, 3.63) is 57.3 Å². The molecule has 0 spiro atoms. The summed E-state index contributed by atoms with van der Waals surface area (Å²) >= 11 is 1.48. The van der Waals surface area contributed by atoms with Gasteiger partial charge in [0.05, 0.1) is 11.4 Å². The second-order valence-electron chi connectivity index (χ2n) is 6.46. The van der Waals surface area contributed by atoms with Gasteiger partial charge in [0.2, 0.25) is 0 Å². The standard InChI is InChI=1S/C19H21N3O3S/c1-12-7-8-15-14(9-12)10-16(26-15)19(25)22-21-17(23)11-20-18(24)13-5-3-2-4-6-13/h2-6,10,12H,7-9,11H2,1H3,(H,20,24)(H,21,23)(H,22,25)/t12-/m0/s1. The summed E-state index contributed by atoms with van der Waals surface area (Å²) in [4.78, 5) is 37.7. The normalized spacial score (nSPS) is 15.7. The molecule has 3 amide bonds. The fourth-order valence-electron chi connectivity index (χ4n) is 2.90. The number of amides is 3. The number of hydrogen-bond donors (Lipinski definition) is 3. The predicted molar refractivity (Wildman–Crippen MR) is 99.9 cm³/mol. The van der Waals surface area contributed by atoms with E-state index < -0.39 is 5.91 Å². The van der Waals surface area contributed by atoms with Crippen LogP contribution in [0.4, 0.5) is 0 Å². The number of hydrazine groups is 1. The third kappa shape index (κ3) is 4.49. The minimum absolute atomic E-state index is 0.216. The molecule has 1 atom stereocenters. The third-order valence-electron chi connectivity index (χ3n) is 4.31. The Morgan fingerprint density at radius 1 is 1.12 bits per heavy atom. The molecule has 1 aliphatic rings. The molecule has 0 radical (unpaired) electrons. The summed E-state index contributed by atoms with van der Waals surface area (Å²) in [5, 5.41) is 2.51. The van der Waals surface area contributed by atoms with Gasteiger partial charge in [0.15, 0.2) is 0 Å². The first-order chi connectivity index (χ1) is 12.5. The highest BCUT2D eigenvalue weighted by molar-refractivity contribution is 7.14. The van der Waals surface area contributed by atoms with Crippen LogP contribution in [0.1, 0.15) is 43.8 Å². The van der Waals surface area contributed by atoms with E-state index in [9.17, 15) is 14.4 Å². The van der Waals surface area contributed by atoms with Gasteiger partial charge in [-0.3, -0.25) is 25.2 Å². The number of aryl methyl sites for hydroxylation is 1. The van der Waals surface area contributed by atoms with Crippen molar-refractivity contribution in [2.75, 3.05) is 6.54 Å². The van der Waals surface area contributed by atoms with Gasteiger partial charge in [-0.05, 0) is 48.9 Å². The lowest BCUT2D eigenvalue weighted by atomic mass is 9.90.